The van der Waals surface area contributed by atoms with E-state index in [2.05, 4.69) is 21.8 Å². The van der Waals surface area contributed by atoms with E-state index in [1.807, 2.05) is 24.3 Å². The molecule has 0 unspecified atom stereocenters. The van der Waals surface area contributed by atoms with Gasteiger partial charge in [-0.25, -0.2) is 9.78 Å². The van der Waals surface area contributed by atoms with Gasteiger partial charge < -0.3 is 19.7 Å². The zero-order valence-corrected chi connectivity index (χ0v) is 9.65. The number of rotatable bonds is 0. The van der Waals surface area contributed by atoms with Crippen molar-refractivity contribution in [3.63, 3.8) is 0 Å². The van der Waals surface area contributed by atoms with E-state index in [0.717, 1.165) is 10.9 Å². The quantitative estimate of drug-likeness (QED) is 0.501. The fourth-order valence-electron chi connectivity index (χ4n) is 0.999. The van der Waals surface area contributed by atoms with E-state index >= 15 is 0 Å². The van der Waals surface area contributed by atoms with Gasteiger partial charge in [-0.05, 0) is 17.9 Å². The molecule has 0 saturated heterocycles. The van der Waals surface area contributed by atoms with Crippen molar-refractivity contribution in [1.82, 2.24) is 9.97 Å². The van der Waals surface area contributed by atoms with Crippen LogP contribution in [-0.4, -0.2) is 24.6 Å². The number of hydrogen-bond acceptors (Lipinski definition) is 3. The molecule has 8 heteroatoms. The predicted octanol–water partition coefficient (Wildman–Crippen LogP) is 0.111. The first-order chi connectivity index (χ1) is 7.36. The van der Waals surface area contributed by atoms with E-state index < -0.39 is 6.72 Å². The minimum absolute atomic E-state index is 0.302. The second-order valence-corrected chi connectivity index (χ2v) is 5.29. The van der Waals surface area contributed by atoms with E-state index in [1.54, 1.807) is 6.20 Å². The summed E-state index contributed by atoms with van der Waals surface area (Å²) in [4.78, 5) is 39.6. The van der Waals surface area contributed by atoms with Crippen LogP contribution in [0.15, 0.2) is 35.3 Å². The van der Waals surface area contributed by atoms with Crippen molar-refractivity contribution < 1.29 is 14.7 Å². The number of fused-ring (bicyclic) bond motifs is 1. The molecule has 1 heterocycles. The molecule has 86 valence electrons. The Bertz CT molecular complexity index is 571. The third-order valence-corrected chi connectivity index (χ3v) is 1.52. The molecule has 0 bridgehead atoms. The maximum absolute atomic E-state index is 10.7. The molecule has 2 aromatic rings. The van der Waals surface area contributed by atoms with Crippen molar-refractivity contribution in [1.29, 1.82) is 0 Å². The summed E-state index contributed by atoms with van der Waals surface area (Å²) in [5, 5.41) is 0.951. The maximum atomic E-state index is 10.7. The topological polar surface area (TPSA) is 106 Å². The van der Waals surface area contributed by atoms with Gasteiger partial charge >= 0.3 is 12.4 Å². The molecule has 16 heavy (non-hydrogen) atoms. The smallest absolute Gasteiger partial charge is 0.325 e. The Balaban J connectivity index is 0.000000221. The predicted molar refractivity (Wildman–Crippen MR) is 63.3 cm³/mol. The van der Waals surface area contributed by atoms with Gasteiger partial charge in [0.25, 0.3) is 0 Å². The molecular weight excluding hydrogens is 251 g/mol. The summed E-state index contributed by atoms with van der Waals surface area (Å²) >= 11 is 3.60. The Morgan fingerprint density at radius 1 is 1.25 bits per heavy atom. The summed E-state index contributed by atoms with van der Waals surface area (Å²) in [6, 6.07) is 7.53. The van der Waals surface area contributed by atoms with Crippen molar-refractivity contribution in [2.45, 2.75) is 0 Å². The summed E-state index contributed by atoms with van der Waals surface area (Å²) in [5.41, 5.74) is 0.524. The van der Waals surface area contributed by atoms with E-state index in [-0.39, 0.29) is 5.69 Å². The third kappa shape index (κ3) is 5.11. The number of nitrogens with one attached hydrogen (secondary N) is 1. The van der Waals surface area contributed by atoms with Crippen LogP contribution in [0.4, 0.5) is 0 Å². The fraction of sp³-hybridized carbons (Fsp3) is 0. The Morgan fingerprint density at radius 2 is 1.81 bits per heavy atom. The molecule has 4 N–H and O–H groups in total. The molecule has 0 fully saturated rings. The number of nitrogens with zero attached hydrogens (tertiary/aromatic N) is 1. The molecule has 0 aliphatic heterocycles. The summed E-state index contributed by atoms with van der Waals surface area (Å²) in [5.74, 6) is 0. The van der Waals surface area contributed by atoms with Gasteiger partial charge in [-0.1, -0.05) is 18.2 Å². The lowest BCUT2D eigenvalue weighted by molar-refractivity contribution is 0.363. The number of H-pyrrole nitrogens is 1. The van der Waals surface area contributed by atoms with E-state index in [4.69, 9.17) is 14.7 Å². The van der Waals surface area contributed by atoms with Crippen molar-refractivity contribution >= 4 is 29.4 Å². The maximum Gasteiger partial charge on any atom is 0.345 e. The standard InChI is InChI=1S/C8H6N2O.H3O3PS/c11-8-9-5-6-3-1-2-4-7(6)10-8;1-4(2,3)5/h1-5H,(H,9,10,11);(H3,1,2,3,5). The minimum Gasteiger partial charge on any atom is -0.325 e. The highest BCUT2D eigenvalue weighted by Crippen LogP contribution is 2.26. The van der Waals surface area contributed by atoms with Crippen LogP contribution in [0.3, 0.4) is 0 Å². The van der Waals surface area contributed by atoms with Gasteiger partial charge in [0, 0.05) is 11.6 Å². The van der Waals surface area contributed by atoms with Crippen LogP contribution < -0.4 is 5.69 Å². The van der Waals surface area contributed by atoms with Crippen LogP contribution in [0.2, 0.25) is 0 Å². The molecule has 0 saturated carbocycles. The van der Waals surface area contributed by atoms with Crippen molar-refractivity contribution in [2.24, 2.45) is 0 Å². The Hall–Kier alpha value is -1.11. The lowest BCUT2D eigenvalue weighted by Crippen LogP contribution is -2.07. The molecule has 1 aromatic carbocycles. The summed E-state index contributed by atoms with van der Waals surface area (Å²) in [7, 11) is 0. The molecule has 1 aromatic heterocycles. The van der Waals surface area contributed by atoms with E-state index in [9.17, 15) is 4.79 Å². The first-order valence-corrected chi connectivity index (χ1v) is 6.75. The van der Waals surface area contributed by atoms with Gasteiger partial charge in [0.15, 0.2) is 0 Å². The van der Waals surface area contributed by atoms with Gasteiger partial charge in [0.1, 0.15) is 0 Å². The third-order valence-electron chi connectivity index (χ3n) is 1.52. The highest BCUT2D eigenvalue weighted by Gasteiger charge is 1.92. The van der Waals surface area contributed by atoms with Crippen LogP contribution in [-0.2, 0) is 11.8 Å². The Labute approximate surface area is 95.5 Å². The number of benzene rings is 1. The molecule has 0 aliphatic carbocycles. The molecule has 0 radical (unpaired) electrons. The van der Waals surface area contributed by atoms with Gasteiger partial charge in [-0.15, -0.1) is 0 Å². The second kappa shape index (κ2) is 5.29. The van der Waals surface area contributed by atoms with Gasteiger partial charge in [-0.2, -0.15) is 0 Å². The number of hydrogen-bond donors (Lipinski definition) is 4. The molecule has 0 atom stereocenters. The highest BCUT2D eigenvalue weighted by atomic mass is 32.5. The Kier molecular flexibility index (Phi) is 4.28. The summed E-state index contributed by atoms with van der Waals surface area (Å²) in [6.45, 7) is -3.81. The fourth-order valence-corrected chi connectivity index (χ4v) is 0.999. The first-order valence-electron chi connectivity index (χ1n) is 4.08. The second-order valence-electron chi connectivity index (χ2n) is 2.79. The molecule has 2 rings (SSSR count). The zero-order valence-electron chi connectivity index (χ0n) is 7.94. The number of para-hydroxylation sites is 1. The average molecular weight is 260 g/mol. The van der Waals surface area contributed by atoms with Crippen molar-refractivity contribution in [3.8, 4) is 0 Å². The molecule has 0 aliphatic rings. The van der Waals surface area contributed by atoms with Crippen LogP contribution in [0, 0.1) is 0 Å². The van der Waals surface area contributed by atoms with Gasteiger partial charge in [0.05, 0.1) is 5.52 Å². The minimum atomic E-state index is -3.81. The molecule has 0 spiro atoms. The molecule has 6 nitrogen and oxygen atoms in total. The van der Waals surface area contributed by atoms with Crippen LogP contribution >= 0.6 is 6.72 Å². The molecular formula is C8H9N2O4PS. The van der Waals surface area contributed by atoms with Crippen LogP contribution in [0.1, 0.15) is 0 Å². The summed E-state index contributed by atoms with van der Waals surface area (Å²) in [6.07, 6.45) is 1.56. The monoisotopic (exact) mass is 260 g/mol. The normalized spacial score (nSPS) is 10.7. The average Bonchev–Trinajstić information content (AvgIpc) is 2.15. The zero-order chi connectivity index (χ0) is 12.2. The van der Waals surface area contributed by atoms with Gasteiger partial charge in [0.2, 0.25) is 0 Å². The lowest BCUT2D eigenvalue weighted by Gasteiger charge is -1.92. The van der Waals surface area contributed by atoms with Crippen LogP contribution in [0.5, 0.6) is 0 Å². The lowest BCUT2D eigenvalue weighted by atomic mass is 10.2. The Morgan fingerprint density at radius 3 is 2.44 bits per heavy atom. The van der Waals surface area contributed by atoms with Crippen molar-refractivity contribution in [3.05, 3.63) is 40.9 Å². The van der Waals surface area contributed by atoms with Gasteiger partial charge in [-0.3, -0.25) is 0 Å². The van der Waals surface area contributed by atoms with E-state index in [0.29, 0.717) is 0 Å². The van der Waals surface area contributed by atoms with E-state index in [1.165, 1.54) is 0 Å². The van der Waals surface area contributed by atoms with Crippen LogP contribution in [0.25, 0.3) is 10.9 Å². The highest BCUT2D eigenvalue weighted by molar-refractivity contribution is 8.06. The van der Waals surface area contributed by atoms with Crippen molar-refractivity contribution in [2.75, 3.05) is 0 Å². The largest absolute Gasteiger partial charge is 0.345 e. The number of aromatic amines is 1. The summed E-state index contributed by atoms with van der Waals surface area (Å²) < 4.78 is 0. The number of aromatic nitrogens is 2. The SMILES string of the molecule is O=c1ncc2ccccc2[nH]1.OP(O)(O)=S. The first kappa shape index (κ1) is 13.0. The molecule has 0 amide bonds.